The van der Waals surface area contributed by atoms with E-state index in [2.05, 4.69) is 22.8 Å². The third-order valence-electron chi connectivity index (χ3n) is 5.10. The second-order valence-electron chi connectivity index (χ2n) is 7.01. The van der Waals surface area contributed by atoms with Gasteiger partial charge in [0.2, 0.25) is 0 Å². The first-order valence-electron chi connectivity index (χ1n) is 9.50. The summed E-state index contributed by atoms with van der Waals surface area (Å²) in [6, 6.07) is 20.2. The van der Waals surface area contributed by atoms with Crippen LogP contribution in [0.1, 0.15) is 27.4 Å². The van der Waals surface area contributed by atoms with Crippen molar-refractivity contribution in [1.29, 1.82) is 0 Å². The Labute approximate surface area is 183 Å². The second kappa shape index (κ2) is 8.45. The van der Waals surface area contributed by atoms with E-state index >= 15 is 0 Å². The van der Waals surface area contributed by atoms with Crippen molar-refractivity contribution in [3.05, 3.63) is 83.4 Å². The summed E-state index contributed by atoms with van der Waals surface area (Å²) >= 11 is 4.84. The van der Waals surface area contributed by atoms with Crippen molar-refractivity contribution in [2.45, 2.75) is 5.92 Å². The molecule has 1 amide bonds. The minimum Gasteiger partial charge on any atom is -0.478 e. The van der Waals surface area contributed by atoms with Gasteiger partial charge >= 0.3 is 12.1 Å². The predicted molar refractivity (Wildman–Crippen MR) is 123 cm³/mol. The van der Waals surface area contributed by atoms with E-state index in [0.717, 1.165) is 22.3 Å². The van der Waals surface area contributed by atoms with Gasteiger partial charge in [0.05, 0.1) is 16.9 Å². The quantitative estimate of drug-likeness (QED) is 0.441. The predicted octanol–water partition coefficient (Wildman–Crippen LogP) is 4.40. The van der Waals surface area contributed by atoms with Crippen LogP contribution in [0.4, 0.5) is 16.2 Å². The first-order chi connectivity index (χ1) is 14.9. The Balaban J connectivity index is 1.52. The lowest BCUT2D eigenvalue weighted by molar-refractivity contribution is 0.0697. The molecule has 4 rings (SSSR count). The lowest BCUT2D eigenvalue weighted by Crippen LogP contribution is -2.22. The molecule has 156 valence electrons. The van der Waals surface area contributed by atoms with Gasteiger partial charge in [-0.05, 0) is 52.7 Å². The maximum absolute atomic E-state index is 12.5. The smallest absolute Gasteiger partial charge is 0.411 e. The number of rotatable bonds is 5. The van der Waals surface area contributed by atoms with Crippen molar-refractivity contribution >= 4 is 40.8 Å². The summed E-state index contributed by atoms with van der Waals surface area (Å²) in [5, 5.41) is 14.5. The number of carboxylic acid groups (broad SMARTS) is 1. The number of benzene rings is 3. The van der Waals surface area contributed by atoms with E-state index in [-0.39, 0.29) is 28.9 Å². The topological polar surface area (TPSA) is 114 Å². The van der Waals surface area contributed by atoms with Gasteiger partial charge in [-0.1, -0.05) is 48.5 Å². The molecule has 0 saturated carbocycles. The summed E-state index contributed by atoms with van der Waals surface area (Å²) in [6.07, 6.45) is -0.713. The number of carbonyl (C=O) groups is 2. The summed E-state index contributed by atoms with van der Waals surface area (Å²) in [5.74, 6) is -1.21. The second-order valence-corrected chi connectivity index (χ2v) is 7.45. The van der Waals surface area contributed by atoms with Gasteiger partial charge in [-0.25, -0.2) is 9.59 Å². The highest BCUT2D eigenvalue weighted by Gasteiger charge is 2.29. The number of thiocarbonyl (C=S) groups is 1. The van der Waals surface area contributed by atoms with Crippen molar-refractivity contribution in [1.82, 2.24) is 0 Å². The molecule has 0 bridgehead atoms. The first-order valence-corrected chi connectivity index (χ1v) is 9.90. The minimum atomic E-state index is -1.13. The van der Waals surface area contributed by atoms with Gasteiger partial charge in [0, 0.05) is 5.92 Å². The summed E-state index contributed by atoms with van der Waals surface area (Å²) in [4.78, 5) is 23.8. The van der Waals surface area contributed by atoms with E-state index in [1.807, 2.05) is 36.4 Å². The maximum atomic E-state index is 12.5. The van der Waals surface area contributed by atoms with Crippen LogP contribution in [-0.4, -0.2) is 28.9 Å². The van der Waals surface area contributed by atoms with E-state index in [0.29, 0.717) is 5.69 Å². The van der Waals surface area contributed by atoms with Crippen LogP contribution in [0.25, 0.3) is 11.1 Å². The number of fused-ring (bicyclic) bond motifs is 3. The number of nitrogens with one attached hydrogen (secondary N) is 2. The molecule has 7 nitrogen and oxygen atoms in total. The first kappa shape index (κ1) is 20.4. The van der Waals surface area contributed by atoms with Gasteiger partial charge in [-0.3, -0.25) is 5.32 Å². The van der Waals surface area contributed by atoms with E-state index in [9.17, 15) is 14.7 Å². The zero-order valence-corrected chi connectivity index (χ0v) is 17.1. The number of ether oxygens (including phenoxy) is 1. The molecule has 1 aliphatic carbocycles. The van der Waals surface area contributed by atoms with Crippen molar-refractivity contribution in [3.8, 4) is 11.1 Å². The summed E-state index contributed by atoms with van der Waals surface area (Å²) in [5.41, 5.74) is 10.5. The summed E-state index contributed by atoms with van der Waals surface area (Å²) in [7, 11) is 0. The normalized spacial score (nSPS) is 11.9. The van der Waals surface area contributed by atoms with E-state index < -0.39 is 12.1 Å². The Hall–Kier alpha value is -3.91. The number of carbonyl (C=O) groups excluding carboxylic acids is 1. The van der Waals surface area contributed by atoms with Crippen molar-refractivity contribution in [3.63, 3.8) is 0 Å². The zero-order valence-electron chi connectivity index (χ0n) is 16.3. The molecule has 0 aliphatic heterocycles. The number of hydrogen-bond donors (Lipinski definition) is 4. The SMILES string of the molecule is NC(=S)Nc1ccc(C(=O)O)cc1NC(=O)OCC1c2ccccc2-c2ccccc21. The van der Waals surface area contributed by atoms with Gasteiger partial charge in [0.15, 0.2) is 5.11 Å². The highest BCUT2D eigenvalue weighted by Crippen LogP contribution is 2.44. The van der Waals surface area contributed by atoms with E-state index in [1.54, 1.807) is 0 Å². The maximum Gasteiger partial charge on any atom is 0.411 e. The molecular formula is C23H19N3O4S. The molecule has 3 aromatic carbocycles. The Kier molecular flexibility index (Phi) is 5.55. The number of carboxylic acids is 1. The average Bonchev–Trinajstić information content (AvgIpc) is 3.07. The summed E-state index contributed by atoms with van der Waals surface area (Å²) in [6.45, 7) is 0.135. The van der Waals surface area contributed by atoms with Crippen LogP contribution >= 0.6 is 12.2 Å². The molecule has 8 heteroatoms. The Bertz CT molecular complexity index is 1150. The van der Waals surface area contributed by atoms with Crippen molar-refractivity contribution in [2.75, 3.05) is 17.2 Å². The lowest BCUT2D eigenvalue weighted by atomic mass is 9.98. The Morgan fingerprint density at radius 2 is 1.55 bits per heavy atom. The number of anilines is 2. The Morgan fingerprint density at radius 1 is 0.935 bits per heavy atom. The standard InChI is InChI=1S/C23H19N3O4S/c24-22(31)25-19-10-9-13(21(27)28)11-20(19)26-23(29)30-12-18-16-7-3-1-5-14(16)15-6-2-4-8-17(15)18/h1-11,18H,12H2,(H,26,29)(H,27,28)(H3,24,25,31). The monoisotopic (exact) mass is 433 g/mol. The molecule has 0 unspecified atom stereocenters. The van der Waals surface area contributed by atoms with Crippen LogP contribution in [0.5, 0.6) is 0 Å². The van der Waals surface area contributed by atoms with E-state index in [4.69, 9.17) is 22.7 Å². The number of amides is 1. The highest BCUT2D eigenvalue weighted by molar-refractivity contribution is 7.80. The van der Waals surface area contributed by atoms with Crippen LogP contribution in [0.2, 0.25) is 0 Å². The molecule has 5 N–H and O–H groups in total. The van der Waals surface area contributed by atoms with Crippen LogP contribution in [0.15, 0.2) is 66.7 Å². The largest absolute Gasteiger partial charge is 0.478 e. The molecule has 0 heterocycles. The molecular weight excluding hydrogens is 414 g/mol. The van der Waals surface area contributed by atoms with Crippen LogP contribution < -0.4 is 16.4 Å². The molecule has 1 aliphatic rings. The molecule has 0 fully saturated rings. The molecule has 3 aromatic rings. The van der Waals surface area contributed by atoms with Crippen molar-refractivity contribution in [2.24, 2.45) is 5.73 Å². The fraction of sp³-hybridized carbons (Fsp3) is 0.0870. The average molecular weight is 433 g/mol. The molecule has 0 spiro atoms. The molecule has 0 saturated heterocycles. The van der Waals surface area contributed by atoms with Crippen LogP contribution in [-0.2, 0) is 4.74 Å². The Morgan fingerprint density at radius 3 is 2.13 bits per heavy atom. The van der Waals surface area contributed by atoms with Gasteiger partial charge in [0.25, 0.3) is 0 Å². The zero-order chi connectivity index (χ0) is 22.0. The van der Waals surface area contributed by atoms with Gasteiger partial charge in [-0.15, -0.1) is 0 Å². The molecule has 0 atom stereocenters. The number of nitrogens with two attached hydrogens (primary N) is 1. The molecule has 0 radical (unpaired) electrons. The third kappa shape index (κ3) is 4.19. The lowest BCUT2D eigenvalue weighted by Gasteiger charge is -2.16. The molecule has 0 aromatic heterocycles. The number of aromatic carboxylic acids is 1. The fourth-order valence-corrected chi connectivity index (χ4v) is 3.88. The highest BCUT2D eigenvalue weighted by atomic mass is 32.1. The minimum absolute atomic E-state index is 0.00226. The van der Waals surface area contributed by atoms with Crippen LogP contribution in [0, 0.1) is 0 Å². The fourth-order valence-electron chi connectivity index (χ4n) is 3.77. The van der Waals surface area contributed by atoms with Gasteiger partial charge < -0.3 is 20.9 Å². The van der Waals surface area contributed by atoms with Gasteiger partial charge in [-0.2, -0.15) is 0 Å². The number of hydrogen-bond acceptors (Lipinski definition) is 4. The van der Waals surface area contributed by atoms with Crippen molar-refractivity contribution < 1.29 is 19.4 Å². The molecule has 31 heavy (non-hydrogen) atoms. The van der Waals surface area contributed by atoms with E-state index in [1.165, 1.54) is 18.2 Å². The van der Waals surface area contributed by atoms with Crippen LogP contribution in [0.3, 0.4) is 0 Å². The summed E-state index contributed by atoms with van der Waals surface area (Å²) < 4.78 is 5.51. The van der Waals surface area contributed by atoms with Gasteiger partial charge in [0.1, 0.15) is 6.61 Å². The third-order valence-corrected chi connectivity index (χ3v) is 5.21.